The van der Waals surface area contributed by atoms with Crippen LogP contribution in [0.3, 0.4) is 0 Å². The van der Waals surface area contributed by atoms with Crippen LogP contribution in [0.25, 0.3) is 10.4 Å². The standard InChI is InChI=1S/C24H30N4OS/c1-3-25-23(29)24(11-5-12-28(18-24)17-20-15-26-27(2)16-20)14-19-7-9-21(10-8-19)22-6-4-13-30-22/h4,6-10,13,15-16H,3,5,11-12,14,17-18H2,1-2H3,(H,25,29). The van der Waals surface area contributed by atoms with Gasteiger partial charge >= 0.3 is 0 Å². The first-order valence-corrected chi connectivity index (χ1v) is 11.6. The highest BCUT2D eigenvalue weighted by Crippen LogP contribution is 2.35. The zero-order valence-corrected chi connectivity index (χ0v) is 18.6. The fourth-order valence-electron chi connectivity index (χ4n) is 4.55. The number of aromatic nitrogens is 2. The van der Waals surface area contributed by atoms with Gasteiger partial charge in [-0.1, -0.05) is 30.3 Å². The summed E-state index contributed by atoms with van der Waals surface area (Å²) < 4.78 is 1.84. The number of hydrogen-bond acceptors (Lipinski definition) is 4. The number of hydrogen-bond donors (Lipinski definition) is 1. The Labute approximate surface area is 182 Å². The summed E-state index contributed by atoms with van der Waals surface area (Å²) in [6.45, 7) is 5.30. The van der Waals surface area contributed by atoms with E-state index in [4.69, 9.17) is 0 Å². The molecule has 4 rings (SSSR count). The third-order valence-corrected chi connectivity index (χ3v) is 6.86. The minimum atomic E-state index is -0.388. The van der Waals surface area contributed by atoms with Gasteiger partial charge in [-0.05, 0) is 55.3 Å². The molecule has 0 radical (unpaired) electrons. The van der Waals surface area contributed by atoms with E-state index in [9.17, 15) is 4.79 Å². The van der Waals surface area contributed by atoms with Gasteiger partial charge in [0.25, 0.3) is 0 Å². The molecule has 1 amide bonds. The molecular formula is C24H30N4OS. The lowest BCUT2D eigenvalue weighted by Gasteiger charge is -2.42. The zero-order valence-electron chi connectivity index (χ0n) is 17.8. The molecular weight excluding hydrogens is 392 g/mol. The number of carbonyl (C=O) groups is 1. The summed E-state index contributed by atoms with van der Waals surface area (Å²) in [5, 5.41) is 9.51. The van der Waals surface area contributed by atoms with Crippen molar-refractivity contribution >= 4 is 17.2 Å². The number of nitrogens with zero attached hydrogens (tertiary/aromatic N) is 3. The van der Waals surface area contributed by atoms with E-state index in [2.05, 4.69) is 63.3 Å². The second-order valence-electron chi connectivity index (χ2n) is 8.33. The number of aryl methyl sites for hydroxylation is 1. The van der Waals surface area contributed by atoms with Crippen molar-refractivity contribution in [2.45, 2.75) is 32.7 Å². The lowest BCUT2D eigenvalue weighted by Crippen LogP contribution is -2.52. The predicted molar refractivity (Wildman–Crippen MR) is 122 cm³/mol. The van der Waals surface area contributed by atoms with Crippen LogP contribution in [-0.2, 0) is 24.8 Å². The van der Waals surface area contributed by atoms with E-state index in [1.807, 2.05) is 24.9 Å². The SMILES string of the molecule is CCNC(=O)C1(Cc2ccc(-c3cccs3)cc2)CCCN(Cc2cnn(C)c2)C1. The highest BCUT2D eigenvalue weighted by molar-refractivity contribution is 7.13. The first-order chi connectivity index (χ1) is 14.6. The van der Waals surface area contributed by atoms with Crippen molar-refractivity contribution in [3.8, 4) is 10.4 Å². The summed E-state index contributed by atoms with van der Waals surface area (Å²) in [4.78, 5) is 16.9. The quantitative estimate of drug-likeness (QED) is 0.623. The van der Waals surface area contributed by atoms with E-state index in [1.165, 1.54) is 21.6 Å². The number of thiophene rings is 1. The Morgan fingerprint density at radius 2 is 2.07 bits per heavy atom. The van der Waals surface area contributed by atoms with Gasteiger partial charge in [0.1, 0.15) is 0 Å². The average molecular weight is 423 g/mol. The smallest absolute Gasteiger partial charge is 0.227 e. The minimum absolute atomic E-state index is 0.184. The third kappa shape index (κ3) is 4.65. The summed E-state index contributed by atoms with van der Waals surface area (Å²) in [7, 11) is 1.94. The maximum absolute atomic E-state index is 13.2. The van der Waals surface area contributed by atoms with Gasteiger partial charge in [0.05, 0.1) is 11.6 Å². The molecule has 0 bridgehead atoms. The van der Waals surface area contributed by atoms with Crippen LogP contribution < -0.4 is 5.32 Å². The van der Waals surface area contributed by atoms with E-state index in [1.54, 1.807) is 11.3 Å². The number of carbonyl (C=O) groups excluding carboxylic acids is 1. The van der Waals surface area contributed by atoms with Gasteiger partial charge in [-0.25, -0.2) is 0 Å². The highest BCUT2D eigenvalue weighted by Gasteiger charge is 2.42. The molecule has 3 heterocycles. The molecule has 3 aromatic rings. The van der Waals surface area contributed by atoms with E-state index in [0.29, 0.717) is 6.54 Å². The number of nitrogens with one attached hydrogen (secondary N) is 1. The molecule has 1 aliphatic rings. The van der Waals surface area contributed by atoms with Gasteiger partial charge in [-0.2, -0.15) is 5.10 Å². The molecule has 0 aliphatic carbocycles. The van der Waals surface area contributed by atoms with Crippen molar-refractivity contribution in [1.82, 2.24) is 20.0 Å². The number of likely N-dealkylation sites (tertiary alicyclic amines) is 1. The number of benzene rings is 1. The van der Waals surface area contributed by atoms with Crippen LogP contribution in [0.5, 0.6) is 0 Å². The van der Waals surface area contributed by atoms with Gasteiger partial charge in [-0.15, -0.1) is 11.3 Å². The van der Waals surface area contributed by atoms with Crippen LogP contribution in [0.2, 0.25) is 0 Å². The fraction of sp³-hybridized carbons (Fsp3) is 0.417. The molecule has 158 valence electrons. The van der Waals surface area contributed by atoms with Gasteiger partial charge in [0, 0.05) is 43.3 Å². The van der Waals surface area contributed by atoms with Crippen molar-refractivity contribution in [2.75, 3.05) is 19.6 Å². The van der Waals surface area contributed by atoms with E-state index in [0.717, 1.165) is 38.9 Å². The van der Waals surface area contributed by atoms with Crippen molar-refractivity contribution in [3.63, 3.8) is 0 Å². The molecule has 1 aliphatic heterocycles. The van der Waals surface area contributed by atoms with Crippen LogP contribution in [0, 0.1) is 5.41 Å². The number of piperidine rings is 1. The zero-order chi connectivity index (χ0) is 21.0. The Balaban J connectivity index is 1.53. The van der Waals surface area contributed by atoms with E-state index in [-0.39, 0.29) is 11.3 Å². The van der Waals surface area contributed by atoms with E-state index >= 15 is 0 Å². The van der Waals surface area contributed by atoms with Crippen LogP contribution in [0.15, 0.2) is 54.2 Å². The molecule has 1 unspecified atom stereocenters. The Morgan fingerprint density at radius 3 is 2.73 bits per heavy atom. The second-order valence-corrected chi connectivity index (χ2v) is 9.27. The number of amides is 1. The first-order valence-electron chi connectivity index (χ1n) is 10.7. The molecule has 1 atom stereocenters. The summed E-state index contributed by atoms with van der Waals surface area (Å²) in [6, 6.07) is 13.0. The topological polar surface area (TPSA) is 50.2 Å². The Bertz CT molecular complexity index is 964. The van der Waals surface area contributed by atoms with Gasteiger partial charge in [-0.3, -0.25) is 14.4 Å². The van der Waals surface area contributed by atoms with Gasteiger partial charge in [0.2, 0.25) is 5.91 Å². The molecule has 30 heavy (non-hydrogen) atoms. The Kier molecular flexibility index (Phi) is 6.35. The lowest BCUT2D eigenvalue weighted by molar-refractivity contribution is -0.134. The summed E-state index contributed by atoms with van der Waals surface area (Å²) in [5.74, 6) is 0.184. The molecule has 1 fully saturated rings. The summed E-state index contributed by atoms with van der Waals surface area (Å²) >= 11 is 1.75. The van der Waals surface area contributed by atoms with E-state index < -0.39 is 0 Å². The van der Waals surface area contributed by atoms with Crippen LogP contribution in [0.4, 0.5) is 0 Å². The van der Waals surface area contributed by atoms with Crippen LogP contribution in [0.1, 0.15) is 30.9 Å². The van der Waals surface area contributed by atoms with Crippen molar-refractivity contribution in [3.05, 3.63) is 65.3 Å². The average Bonchev–Trinajstić information content (AvgIpc) is 3.41. The molecule has 0 saturated carbocycles. The van der Waals surface area contributed by atoms with Gasteiger partial charge < -0.3 is 5.32 Å². The highest BCUT2D eigenvalue weighted by atomic mass is 32.1. The maximum atomic E-state index is 13.2. The van der Waals surface area contributed by atoms with Crippen LogP contribution in [-0.4, -0.2) is 40.2 Å². The molecule has 6 heteroatoms. The second kappa shape index (κ2) is 9.14. The molecule has 5 nitrogen and oxygen atoms in total. The summed E-state index contributed by atoms with van der Waals surface area (Å²) in [5.41, 5.74) is 3.28. The van der Waals surface area contributed by atoms with Crippen molar-refractivity contribution < 1.29 is 4.79 Å². The first kappa shape index (κ1) is 20.8. The largest absolute Gasteiger partial charge is 0.356 e. The van der Waals surface area contributed by atoms with Gasteiger partial charge in [0.15, 0.2) is 0 Å². The lowest BCUT2D eigenvalue weighted by atomic mass is 9.74. The van der Waals surface area contributed by atoms with Crippen LogP contribution >= 0.6 is 11.3 Å². The molecule has 0 spiro atoms. The van der Waals surface area contributed by atoms with Crippen molar-refractivity contribution in [1.29, 1.82) is 0 Å². The normalized spacial score (nSPS) is 19.7. The predicted octanol–water partition coefficient (Wildman–Crippen LogP) is 4.11. The number of rotatable bonds is 7. The summed E-state index contributed by atoms with van der Waals surface area (Å²) in [6.07, 6.45) is 6.71. The third-order valence-electron chi connectivity index (χ3n) is 5.94. The minimum Gasteiger partial charge on any atom is -0.356 e. The molecule has 2 aromatic heterocycles. The Morgan fingerprint density at radius 1 is 1.23 bits per heavy atom. The molecule has 1 N–H and O–H groups in total. The monoisotopic (exact) mass is 422 g/mol. The Hall–Kier alpha value is -2.44. The fourth-order valence-corrected chi connectivity index (χ4v) is 5.29. The van der Waals surface area contributed by atoms with Crippen molar-refractivity contribution in [2.24, 2.45) is 12.5 Å². The molecule has 1 saturated heterocycles. The molecule has 1 aromatic carbocycles. The maximum Gasteiger partial charge on any atom is 0.227 e.